The van der Waals surface area contributed by atoms with Crippen molar-refractivity contribution >= 4 is 17.5 Å². The van der Waals surface area contributed by atoms with E-state index in [1.54, 1.807) is 7.11 Å². The fourth-order valence-electron chi connectivity index (χ4n) is 5.83. The third-order valence-corrected chi connectivity index (χ3v) is 8.23. The van der Waals surface area contributed by atoms with E-state index in [0.29, 0.717) is 25.7 Å². The zero-order chi connectivity index (χ0) is 31.1. The van der Waals surface area contributed by atoms with Crippen LogP contribution in [0.15, 0.2) is 78.9 Å². The van der Waals surface area contributed by atoms with Crippen molar-refractivity contribution in [2.24, 2.45) is 0 Å². The third kappa shape index (κ3) is 8.09. The topological polar surface area (TPSA) is 83.1 Å². The van der Waals surface area contributed by atoms with E-state index in [0.717, 1.165) is 55.1 Å². The zero-order valence-electron chi connectivity index (χ0n) is 24.6. The maximum Gasteiger partial charge on any atom is 0.416 e. The van der Waals surface area contributed by atoms with Crippen molar-refractivity contribution in [1.29, 1.82) is 0 Å². The van der Waals surface area contributed by atoms with E-state index < -0.39 is 23.6 Å². The number of alkyl halides is 3. The van der Waals surface area contributed by atoms with E-state index >= 15 is 0 Å². The molecule has 5 rings (SSSR count). The molecule has 234 valence electrons. The number of benzene rings is 3. The minimum absolute atomic E-state index is 0.162. The number of amides is 2. The Morgan fingerprint density at radius 3 is 2.34 bits per heavy atom. The SMILES string of the molecule is COc1ccc(N2CCC(N3C[C@H](OCc4ccccc4)[C@H](NC(=O)CNC(=O)c4cccc(C(F)(F)F)c4)C3)CC2)cc1. The van der Waals surface area contributed by atoms with Gasteiger partial charge in [-0.05, 0) is 60.9 Å². The fraction of sp³-hybridized carbons (Fsp3) is 0.394. The minimum atomic E-state index is -4.57. The second-order valence-corrected chi connectivity index (χ2v) is 11.1. The molecule has 11 heteroatoms. The molecule has 2 saturated heterocycles. The number of methoxy groups -OCH3 is 1. The summed E-state index contributed by atoms with van der Waals surface area (Å²) in [6.07, 6.45) is -2.91. The fourth-order valence-corrected chi connectivity index (χ4v) is 5.83. The highest BCUT2D eigenvalue weighted by molar-refractivity contribution is 5.96. The predicted molar refractivity (Wildman–Crippen MR) is 161 cm³/mol. The second kappa shape index (κ2) is 14.1. The maximum absolute atomic E-state index is 13.1. The number of carbonyl (C=O) groups excluding carboxylic acids is 2. The Morgan fingerprint density at radius 1 is 0.932 bits per heavy atom. The van der Waals surface area contributed by atoms with E-state index in [9.17, 15) is 22.8 Å². The number of ether oxygens (including phenoxy) is 2. The van der Waals surface area contributed by atoms with Crippen molar-refractivity contribution in [3.63, 3.8) is 0 Å². The summed E-state index contributed by atoms with van der Waals surface area (Å²) in [6, 6.07) is 22.0. The lowest BCUT2D eigenvalue weighted by molar-refractivity contribution is -0.137. The maximum atomic E-state index is 13.1. The number of nitrogens with one attached hydrogen (secondary N) is 2. The molecule has 2 aliphatic heterocycles. The molecule has 2 amide bonds. The van der Waals surface area contributed by atoms with Crippen molar-refractivity contribution in [2.45, 2.75) is 43.8 Å². The molecule has 2 aliphatic rings. The lowest BCUT2D eigenvalue weighted by Gasteiger charge is -2.38. The van der Waals surface area contributed by atoms with E-state index in [1.165, 1.54) is 12.1 Å². The van der Waals surface area contributed by atoms with Crippen LogP contribution in [0.25, 0.3) is 0 Å². The van der Waals surface area contributed by atoms with Crippen molar-refractivity contribution in [3.05, 3.63) is 95.6 Å². The van der Waals surface area contributed by atoms with Crippen LogP contribution in [0.1, 0.15) is 34.3 Å². The predicted octanol–water partition coefficient (Wildman–Crippen LogP) is 4.50. The summed E-state index contributed by atoms with van der Waals surface area (Å²) >= 11 is 0. The molecule has 44 heavy (non-hydrogen) atoms. The first kappa shape index (κ1) is 31.3. The molecular weight excluding hydrogens is 573 g/mol. The molecule has 3 aromatic rings. The van der Waals surface area contributed by atoms with Gasteiger partial charge in [0.15, 0.2) is 0 Å². The van der Waals surface area contributed by atoms with Gasteiger partial charge in [-0.15, -0.1) is 0 Å². The van der Waals surface area contributed by atoms with Gasteiger partial charge in [0, 0.05) is 43.5 Å². The van der Waals surface area contributed by atoms with Crippen molar-refractivity contribution in [1.82, 2.24) is 15.5 Å². The van der Waals surface area contributed by atoms with Crippen LogP contribution in [0.2, 0.25) is 0 Å². The number of rotatable bonds is 10. The van der Waals surface area contributed by atoms with Crippen molar-refractivity contribution in [2.75, 3.05) is 44.7 Å². The molecule has 2 N–H and O–H groups in total. The number of halogens is 3. The average Bonchev–Trinajstić information content (AvgIpc) is 3.45. The molecule has 0 saturated carbocycles. The molecule has 0 aliphatic carbocycles. The molecule has 0 spiro atoms. The highest BCUT2D eigenvalue weighted by Gasteiger charge is 2.39. The molecule has 8 nitrogen and oxygen atoms in total. The van der Waals surface area contributed by atoms with Crippen LogP contribution >= 0.6 is 0 Å². The number of anilines is 1. The summed E-state index contributed by atoms with van der Waals surface area (Å²) in [4.78, 5) is 30.2. The number of nitrogens with zero attached hydrogens (tertiary/aromatic N) is 2. The van der Waals surface area contributed by atoms with E-state index in [2.05, 4.69) is 32.6 Å². The largest absolute Gasteiger partial charge is 0.497 e. The van der Waals surface area contributed by atoms with Gasteiger partial charge in [-0.25, -0.2) is 0 Å². The lowest BCUT2D eigenvalue weighted by atomic mass is 10.0. The third-order valence-electron chi connectivity index (χ3n) is 8.23. The van der Waals surface area contributed by atoms with Gasteiger partial charge < -0.3 is 25.0 Å². The number of hydrogen-bond acceptors (Lipinski definition) is 6. The Hall–Kier alpha value is -4.09. The van der Waals surface area contributed by atoms with Gasteiger partial charge in [-0.3, -0.25) is 14.5 Å². The molecule has 0 bridgehead atoms. The van der Waals surface area contributed by atoms with Gasteiger partial charge in [0.05, 0.1) is 38.0 Å². The average molecular weight is 611 g/mol. The minimum Gasteiger partial charge on any atom is -0.497 e. The van der Waals surface area contributed by atoms with E-state index in [-0.39, 0.29) is 24.3 Å². The van der Waals surface area contributed by atoms with Gasteiger partial charge in [0.25, 0.3) is 5.91 Å². The number of carbonyl (C=O) groups is 2. The van der Waals surface area contributed by atoms with E-state index in [1.807, 2.05) is 42.5 Å². The van der Waals surface area contributed by atoms with Crippen LogP contribution in [0.5, 0.6) is 5.75 Å². The van der Waals surface area contributed by atoms with Crippen LogP contribution < -0.4 is 20.3 Å². The Morgan fingerprint density at radius 2 is 1.66 bits per heavy atom. The Kier molecular flexibility index (Phi) is 10.1. The standard InChI is InChI=1S/C33H37F3N4O4/c1-43-28-12-10-26(11-13-28)39-16-14-27(15-17-39)40-20-29(30(21-40)44-22-23-6-3-2-4-7-23)38-31(41)19-37-32(42)24-8-5-9-25(18-24)33(34,35)36/h2-13,18,27,29-30H,14-17,19-22H2,1H3,(H,37,42)(H,38,41)/t29-,30+/m1/s1. The van der Waals surface area contributed by atoms with Gasteiger partial charge in [0.1, 0.15) is 5.75 Å². The summed E-state index contributed by atoms with van der Waals surface area (Å²) in [5.74, 6) is -0.356. The first-order valence-corrected chi connectivity index (χ1v) is 14.7. The monoisotopic (exact) mass is 610 g/mol. The normalized spacial score (nSPS) is 19.5. The first-order valence-electron chi connectivity index (χ1n) is 14.7. The van der Waals surface area contributed by atoms with Crippen molar-refractivity contribution < 1.29 is 32.2 Å². The Balaban J connectivity index is 1.17. The summed E-state index contributed by atoms with van der Waals surface area (Å²) in [7, 11) is 1.65. The zero-order valence-corrected chi connectivity index (χ0v) is 24.6. The highest BCUT2D eigenvalue weighted by atomic mass is 19.4. The van der Waals surface area contributed by atoms with Crippen LogP contribution in [-0.4, -0.2) is 74.7 Å². The molecule has 2 atom stereocenters. The quantitative estimate of drug-likeness (QED) is 0.352. The van der Waals surface area contributed by atoms with Crippen LogP contribution in [0.4, 0.5) is 18.9 Å². The van der Waals surface area contributed by atoms with Crippen LogP contribution in [0, 0.1) is 0 Å². The summed E-state index contributed by atoms with van der Waals surface area (Å²) < 4.78 is 50.7. The molecular formula is C33H37F3N4O4. The Bertz CT molecular complexity index is 1400. The lowest BCUT2D eigenvalue weighted by Crippen LogP contribution is -2.48. The molecule has 2 fully saturated rings. The number of hydrogen-bond donors (Lipinski definition) is 2. The molecule has 0 unspecified atom stereocenters. The smallest absolute Gasteiger partial charge is 0.416 e. The molecule has 0 aromatic heterocycles. The van der Waals surface area contributed by atoms with E-state index in [4.69, 9.17) is 9.47 Å². The van der Waals surface area contributed by atoms with Gasteiger partial charge >= 0.3 is 6.18 Å². The van der Waals surface area contributed by atoms with Crippen LogP contribution in [0.3, 0.4) is 0 Å². The second-order valence-electron chi connectivity index (χ2n) is 11.1. The molecule has 0 radical (unpaired) electrons. The summed E-state index contributed by atoms with van der Waals surface area (Å²) in [6.45, 7) is 3.09. The number of likely N-dealkylation sites (tertiary alicyclic amines) is 1. The highest BCUT2D eigenvalue weighted by Crippen LogP contribution is 2.30. The van der Waals surface area contributed by atoms with Gasteiger partial charge in [-0.1, -0.05) is 36.4 Å². The van der Waals surface area contributed by atoms with Crippen molar-refractivity contribution in [3.8, 4) is 5.75 Å². The van der Waals surface area contributed by atoms with Gasteiger partial charge in [-0.2, -0.15) is 13.2 Å². The molecule has 2 heterocycles. The summed E-state index contributed by atoms with van der Waals surface area (Å²) in [5, 5.41) is 5.44. The van der Waals surface area contributed by atoms with Gasteiger partial charge in [0.2, 0.25) is 5.91 Å². The summed E-state index contributed by atoms with van der Waals surface area (Å²) in [5.41, 5.74) is 1.10. The first-order chi connectivity index (χ1) is 21.2. The number of piperidine rings is 1. The molecule has 3 aromatic carbocycles. The Labute approximate surface area is 255 Å². The van der Waals surface area contributed by atoms with Crippen LogP contribution in [-0.2, 0) is 22.3 Å².